The molecule has 0 unspecified atom stereocenters. The number of fused-ring (bicyclic) bond motifs is 7. The molecule has 0 spiro atoms. The van der Waals surface area contributed by atoms with Crippen LogP contribution in [0.1, 0.15) is 0 Å². The second-order valence-electron chi connectivity index (χ2n) is 13.6. The summed E-state index contributed by atoms with van der Waals surface area (Å²) in [6, 6.07) is 59.3. The average Bonchev–Trinajstić information content (AvgIpc) is 3.76. The Labute approximate surface area is 314 Å². The molecular formula is C48H29N5O2. The van der Waals surface area contributed by atoms with Crippen LogP contribution in [0.25, 0.3) is 100 Å². The van der Waals surface area contributed by atoms with E-state index in [1.54, 1.807) is 0 Å². The van der Waals surface area contributed by atoms with Crippen LogP contribution in [0.15, 0.2) is 185 Å². The van der Waals surface area contributed by atoms with Crippen molar-refractivity contribution in [1.82, 2.24) is 24.1 Å². The minimum Gasteiger partial charge on any atom is -0.422 e. The zero-order valence-corrected chi connectivity index (χ0v) is 29.3. The first-order chi connectivity index (χ1) is 27.2. The first kappa shape index (κ1) is 30.9. The van der Waals surface area contributed by atoms with Crippen molar-refractivity contribution in [2.24, 2.45) is 0 Å². The lowest BCUT2D eigenvalue weighted by atomic mass is 10.1. The van der Waals surface area contributed by atoms with E-state index in [0.717, 1.165) is 71.5 Å². The van der Waals surface area contributed by atoms with Gasteiger partial charge in [-0.3, -0.25) is 0 Å². The zero-order chi connectivity index (χ0) is 36.5. The zero-order valence-electron chi connectivity index (χ0n) is 29.3. The number of rotatable bonds is 5. The minimum atomic E-state index is -0.533. The highest BCUT2D eigenvalue weighted by molar-refractivity contribution is 6.12. The number of aromatic nitrogens is 5. The van der Waals surface area contributed by atoms with Crippen LogP contribution >= 0.6 is 0 Å². The number of hydrogen-bond donors (Lipinski definition) is 0. The molecule has 0 saturated heterocycles. The van der Waals surface area contributed by atoms with Gasteiger partial charge < -0.3 is 13.6 Å². The minimum absolute atomic E-state index is 0.244. The SMILES string of the molecule is O=c1oc2cc(-n3c4ccccc4c4ccccc43)c(-n3c4ccccc4c4ccccc43)cc2cc1-c1nc(-c2ccccc2)nc(-c2ccccc2)n1. The van der Waals surface area contributed by atoms with E-state index in [1.165, 1.54) is 0 Å². The maximum Gasteiger partial charge on any atom is 0.347 e. The summed E-state index contributed by atoms with van der Waals surface area (Å²) in [5.41, 5.74) is 7.86. The molecule has 0 amide bonds. The van der Waals surface area contributed by atoms with Crippen LogP contribution in [-0.4, -0.2) is 24.1 Å². The molecule has 0 aliphatic rings. The summed E-state index contributed by atoms with van der Waals surface area (Å²) in [6.45, 7) is 0. The Morgan fingerprint density at radius 3 is 1.24 bits per heavy atom. The first-order valence-corrected chi connectivity index (χ1v) is 18.2. The summed E-state index contributed by atoms with van der Waals surface area (Å²) in [6.07, 6.45) is 0. The van der Waals surface area contributed by atoms with Crippen LogP contribution in [0.2, 0.25) is 0 Å². The molecule has 11 aromatic rings. The highest BCUT2D eigenvalue weighted by atomic mass is 16.4. The first-order valence-electron chi connectivity index (χ1n) is 18.2. The van der Waals surface area contributed by atoms with Crippen LogP contribution < -0.4 is 5.63 Å². The number of para-hydroxylation sites is 4. The lowest BCUT2D eigenvalue weighted by molar-refractivity contribution is 0.562. The van der Waals surface area contributed by atoms with Gasteiger partial charge in [0.05, 0.1) is 33.4 Å². The van der Waals surface area contributed by atoms with Crippen LogP contribution in [0.4, 0.5) is 0 Å². The van der Waals surface area contributed by atoms with Crippen LogP contribution in [-0.2, 0) is 0 Å². The molecule has 7 aromatic carbocycles. The van der Waals surface area contributed by atoms with Gasteiger partial charge in [-0.25, -0.2) is 19.7 Å². The molecule has 0 radical (unpaired) electrons. The molecule has 0 N–H and O–H groups in total. The van der Waals surface area contributed by atoms with Crippen molar-refractivity contribution in [3.8, 4) is 45.5 Å². The molecule has 55 heavy (non-hydrogen) atoms. The van der Waals surface area contributed by atoms with Crippen LogP contribution in [0.5, 0.6) is 0 Å². The maximum atomic E-state index is 14.1. The second kappa shape index (κ2) is 12.2. The molecule has 0 bridgehead atoms. The van der Waals surface area contributed by atoms with E-state index in [9.17, 15) is 4.79 Å². The number of hydrogen-bond acceptors (Lipinski definition) is 5. The largest absolute Gasteiger partial charge is 0.422 e. The number of nitrogens with zero attached hydrogens (tertiary/aromatic N) is 5. The van der Waals surface area contributed by atoms with Crippen molar-refractivity contribution in [2.45, 2.75) is 0 Å². The van der Waals surface area contributed by atoms with E-state index < -0.39 is 5.63 Å². The molecule has 0 aliphatic carbocycles. The van der Waals surface area contributed by atoms with E-state index >= 15 is 0 Å². The Morgan fingerprint density at radius 2 is 0.782 bits per heavy atom. The van der Waals surface area contributed by atoms with Gasteiger partial charge in [-0.15, -0.1) is 0 Å². The summed E-state index contributed by atoms with van der Waals surface area (Å²) in [5, 5.41) is 5.32. The third kappa shape index (κ3) is 4.91. The Bertz CT molecular complexity index is 3180. The normalized spacial score (nSPS) is 11.7. The molecule has 4 aromatic heterocycles. The van der Waals surface area contributed by atoms with E-state index in [1.807, 2.05) is 72.8 Å². The van der Waals surface area contributed by atoms with Gasteiger partial charge in [0, 0.05) is 44.1 Å². The summed E-state index contributed by atoms with van der Waals surface area (Å²) in [5.74, 6) is 1.18. The highest BCUT2D eigenvalue weighted by Crippen LogP contribution is 2.40. The van der Waals surface area contributed by atoms with Gasteiger partial charge in [0.1, 0.15) is 11.1 Å². The predicted octanol–water partition coefficient (Wildman–Crippen LogP) is 11.2. The predicted molar refractivity (Wildman–Crippen MR) is 221 cm³/mol. The smallest absolute Gasteiger partial charge is 0.347 e. The molecule has 258 valence electrons. The second-order valence-corrected chi connectivity index (χ2v) is 13.6. The fourth-order valence-electron chi connectivity index (χ4n) is 7.95. The number of benzene rings is 7. The van der Waals surface area contributed by atoms with E-state index in [0.29, 0.717) is 17.2 Å². The van der Waals surface area contributed by atoms with Crippen molar-refractivity contribution in [1.29, 1.82) is 0 Å². The Morgan fingerprint density at radius 1 is 0.400 bits per heavy atom. The van der Waals surface area contributed by atoms with Gasteiger partial charge in [-0.1, -0.05) is 133 Å². The van der Waals surface area contributed by atoms with Gasteiger partial charge in [-0.05, 0) is 36.4 Å². The van der Waals surface area contributed by atoms with E-state index in [-0.39, 0.29) is 11.4 Å². The van der Waals surface area contributed by atoms with Crippen molar-refractivity contribution in [3.63, 3.8) is 0 Å². The van der Waals surface area contributed by atoms with Gasteiger partial charge in [-0.2, -0.15) is 0 Å². The third-order valence-corrected chi connectivity index (χ3v) is 10.4. The van der Waals surface area contributed by atoms with Gasteiger partial charge in [0.15, 0.2) is 17.5 Å². The monoisotopic (exact) mass is 707 g/mol. The highest BCUT2D eigenvalue weighted by Gasteiger charge is 2.22. The average molecular weight is 708 g/mol. The molecular weight excluding hydrogens is 679 g/mol. The Kier molecular flexibility index (Phi) is 6.87. The van der Waals surface area contributed by atoms with Gasteiger partial charge >= 0.3 is 5.63 Å². The molecule has 0 saturated carbocycles. The van der Waals surface area contributed by atoms with Crippen molar-refractivity contribution in [3.05, 3.63) is 186 Å². The Hall–Kier alpha value is -7.64. The lowest BCUT2D eigenvalue weighted by Crippen LogP contribution is -2.09. The summed E-state index contributed by atoms with van der Waals surface area (Å²) in [7, 11) is 0. The molecule has 7 heteroatoms. The lowest BCUT2D eigenvalue weighted by Gasteiger charge is -2.18. The topological polar surface area (TPSA) is 78.7 Å². The maximum absolute atomic E-state index is 14.1. The molecule has 7 nitrogen and oxygen atoms in total. The van der Waals surface area contributed by atoms with Crippen molar-refractivity contribution < 1.29 is 4.42 Å². The molecule has 0 aliphatic heterocycles. The van der Waals surface area contributed by atoms with Gasteiger partial charge in [0.2, 0.25) is 0 Å². The van der Waals surface area contributed by atoms with Gasteiger partial charge in [0.25, 0.3) is 0 Å². The third-order valence-electron chi connectivity index (χ3n) is 10.4. The van der Waals surface area contributed by atoms with Crippen molar-refractivity contribution in [2.75, 3.05) is 0 Å². The van der Waals surface area contributed by atoms with Crippen LogP contribution in [0.3, 0.4) is 0 Å². The molecule has 11 rings (SSSR count). The Balaban J connectivity index is 1.23. The van der Waals surface area contributed by atoms with Crippen LogP contribution in [0, 0.1) is 0 Å². The summed E-state index contributed by atoms with van der Waals surface area (Å²) >= 11 is 0. The molecule has 0 fully saturated rings. The molecule has 4 heterocycles. The summed E-state index contributed by atoms with van der Waals surface area (Å²) in [4.78, 5) is 28.7. The standard InChI is InChI=1S/C48H29N5O2/c54-48-37(47-50-45(30-15-3-1-4-16-30)49-46(51-47)31-17-5-2-6-18-31)27-32-28-42(52-38-23-11-7-19-33(38)34-20-8-12-24-39(34)52)43(29-44(32)55-48)53-40-25-13-9-21-35(40)36-22-10-14-26-41(36)53/h1-29H. The quantitative estimate of drug-likeness (QED) is 0.166. The summed E-state index contributed by atoms with van der Waals surface area (Å²) < 4.78 is 10.9. The fourth-order valence-corrected chi connectivity index (χ4v) is 7.95. The van der Waals surface area contributed by atoms with E-state index in [4.69, 9.17) is 19.4 Å². The fraction of sp³-hybridized carbons (Fsp3) is 0. The molecule has 0 atom stereocenters. The van der Waals surface area contributed by atoms with E-state index in [2.05, 4.69) is 112 Å². The van der Waals surface area contributed by atoms with Crippen molar-refractivity contribution >= 4 is 54.6 Å².